The van der Waals surface area contributed by atoms with Crippen molar-refractivity contribution in [1.29, 1.82) is 0 Å². The minimum Gasteiger partial charge on any atom is -0.506 e. The Balaban J connectivity index is 1.65. The third kappa shape index (κ3) is 6.53. The molecule has 1 aliphatic rings. The van der Waals surface area contributed by atoms with Crippen LogP contribution in [-0.4, -0.2) is 29.8 Å². The van der Waals surface area contributed by atoms with Crippen molar-refractivity contribution in [3.8, 4) is 11.5 Å². The molecule has 1 aliphatic heterocycles. The van der Waals surface area contributed by atoms with Gasteiger partial charge in [-0.25, -0.2) is 14.2 Å². The Bertz CT molecular complexity index is 1390. The van der Waals surface area contributed by atoms with Crippen LogP contribution in [0.1, 0.15) is 18.1 Å². The molecule has 4 rings (SSSR count). The average molecular weight is 631 g/mol. The monoisotopic (exact) mass is 631 g/mol. The fraction of sp³-hybridized carbons (Fsp3) is 0.143. The lowest BCUT2D eigenvalue weighted by Crippen LogP contribution is -2.12. The molecule has 6 nitrogen and oxygen atoms in total. The smallest absolute Gasteiger partial charge is 0.344 e. The number of hydrogen-bond acceptors (Lipinski definition) is 7. The summed E-state index contributed by atoms with van der Waals surface area (Å²) in [6.45, 7) is 2.12. The van der Waals surface area contributed by atoms with Gasteiger partial charge in [0.25, 0.3) is 0 Å². The summed E-state index contributed by atoms with van der Waals surface area (Å²) in [5.41, 5.74) is 2.23. The molecule has 3 aromatic rings. The van der Waals surface area contributed by atoms with Gasteiger partial charge >= 0.3 is 5.97 Å². The van der Waals surface area contributed by atoms with Gasteiger partial charge in [0.2, 0.25) is 0 Å². The van der Waals surface area contributed by atoms with E-state index in [0.29, 0.717) is 27.1 Å². The zero-order valence-corrected chi connectivity index (χ0v) is 23.0. The molecular weight excluding hydrogens is 608 g/mol. The first-order chi connectivity index (χ1) is 17.9. The van der Waals surface area contributed by atoms with Crippen molar-refractivity contribution in [2.75, 3.05) is 13.7 Å². The van der Waals surface area contributed by atoms with Gasteiger partial charge in [-0.05, 0) is 83.1 Å². The van der Waals surface area contributed by atoms with Crippen LogP contribution >= 0.6 is 34.4 Å². The number of ether oxygens (including phenoxy) is 3. The van der Waals surface area contributed by atoms with E-state index in [2.05, 4.69) is 27.6 Å². The van der Waals surface area contributed by atoms with Crippen LogP contribution < -0.4 is 9.47 Å². The number of halogens is 2. The molecule has 0 amide bonds. The highest BCUT2D eigenvalue weighted by Gasteiger charge is 2.33. The van der Waals surface area contributed by atoms with Crippen LogP contribution in [0.25, 0.3) is 6.08 Å². The van der Waals surface area contributed by atoms with E-state index in [0.717, 1.165) is 14.7 Å². The third-order valence-electron chi connectivity index (χ3n) is 5.20. The largest absolute Gasteiger partial charge is 0.506 e. The number of aliphatic hydroxyl groups is 1. The summed E-state index contributed by atoms with van der Waals surface area (Å²) >= 11 is 3.33. The van der Waals surface area contributed by atoms with E-state index in [4.69, 9.17) is 14.2 Å². The fourth-order valence-electron chi connectivity index (χ4n) is 3.46. The molecule has 37 heavy (non-hydrogen) atoms. The summed E-state index contributed by atoms with van der Waals surface area (Å²) in [5.74, 6) is -0.0902. The number of benzene rings is 3. The highest BCUT2D eigenvalue weighted by atomic mass is 127. The summed E-state index contributed by atoms with van der Waals surface area (Å²) in [6, 6.07) is 18.9. The summed E-state index contributed by atoms with van der Waals surface area (Å²) < 4.78 is 30.7. The molecule has 190 valence electrons. The van der Waals surface area contributed by atoms with Crippen molar-refractivity contribution in [3.63, 3.8) is 0 Å². The number of esters is 1. The van der Waals surface area contributed by atoms with Gasteiger partial charge in [0.05, 0.1) is 27.9 Å². The van der Waals surface area contributed by atoms with E-state index < -0.39 is 5.97 Å². The topological polar surface area (TPSA) is 77.4 Å². The van der Waals surface area contributed by atoms with Crippen molar-refractivity contribution in [3.05, 3.63) is 103 Å². The van der Waals surface area contributed by atoms with Crippen molar-refractivity contribution in [2.45, 2.75) is 13.5 Å². The molecule has 0 radical (unpaired) electrons. The molecule has 1 heterocycles. The van der Waals surface area contributed by atoms with Gasteiger partial charge in [-0.1, -0.05) is 42.1 Å². The quantitative estimate of drug-likeness (QED) is 0.209. The van der Waals surface area contributed by atoms with Crippen LogP contribution in [-0.2, 0) is 16.1 Å². The Hall–Kier alpha value is -3.31. The van der Waals surface area contributed by atoms with Gasteiger partial charge in [0.1, 0.15) is 28.8 Å². The summed E-state index contributed by atoms with van der Waals surface area (Å²) in [4.78, 5) is 17.7. The number of methoxy groups -OCH3 is 1. The zero-order chi connectivity index (χ0) is 26.4. The van der Waals surface area contributed by atoms with Gasteiger partial charge < -0.3 is 19.3 Å². The van der Waals surface area contributed by atoms with Crippen LogP contribution in [0.3, 0.4) is 0 Å². The van der Waals surface area contributed by atoms with Gasteiger partial charge in [0, 0.05) is 0 Å². The van der Waals surface area contributed by atoms with E-state index in [-0.39, 0.29) is 30.4 Å². The molecule has 1 N–H and O–H groups in total. The second kappa shape index (κ2) is 12.3. The number of hydrogen-bond donors (Lipinski definition) is 1. The highest BCUT2D eigenvalue weighted by Crippen LogP contribution is 2.42. The SMILES string of the molecule is CCOC(=O)C1=C(O)/C(=C/c2cc(I)c(OCc3ccc(F)cc3)c(OC)c2)SC1=Nc1ccccc1. The Morgan fingerprint density at radius 2 is 1.86 bits per heavy atom. The minimum atomic E-state index is -0.637. The molecule has 3 aromatic carbocycles. The zero-order valence-electron chi connectivity index (χ0n) is 20.0. The molecule has 0 saturated carbocycles. The van der Waals surface area contributed by atoms with Crippen LogP contribution in [0.5, 0.6) is 11.5 Å². The fourth-order valence-corrected chi connectivity index (χ4v) is 5.28. The molecule has 0 atom stereocenters. The van der Waals surface area contributed by atoms with Gasteiger partial charge in [-0.15, -0.1) is 0 Å². The third-order valence-corrected chi connectivity index (χ3v) is 7.02. The number of para-hydroxylation sites is 1. The molecule has 0 saturated heterocycles. The Labute approximate surface area is 232 Å². The maximum absolute atomic E-state index is 13.2. The van der Waals surface area contributed by atoms with E-state index in [1.54, 1.807) is 31.2 Å². The van der Waals surface area contributed by atoms with Crippen LogP contribution in [0.4, 0.5) is 10.1 Å². The van der Waals surface area contributed by atoms with E-state index >= 15 is 0 Å². The highest BCUT2D eigenvalue weighted by molar-refractivity contribution is 14.1. The van der Waals surface area contributed by atoms with Gasteiger partial charge in [-0.3, -0.25) is 0 Å². The average Bonchev–Trinajstić information content (AvgIpc) is 3.19. The molecule has 9 heteroatoms. The number of nitrogens with zero attached hydrogens (tertiary/aromatic N) is 1. The lowest BCUT2D eigenvalue weighted by Gasteiger charge is -2.14. The summed E-state index contributed by atoms with van der Waals surface area (Å²) in [6.07, 6.45) is 1.75. The molecule has 0 unspecified atom stereocenters. The van der Waals surface area contributed by atoms with Crippen LogP contribution in [0.15, 0.2) is 88.0 Å². The van der Waals surface area contributed by atoms with E-state index in [1.807, 2.05) is 36.4 Å². The van der Waals surface area contributed by atoms with Crippen LogP contribution in [0, 0.1) is 9.39 Å². The molecule has 0 fully saturated rings. The maximum atomic E-state index is 13.2. The first kappa shape index (κ1) is 26.7. The second-order valence-electron chi connectivity index (χ2n) is 7.76. The van der Waals surface area contributed by atoms with Gasteiger partial charge in [0.15, 0.2) is 11.5 Å². The Kier molecular flexibility index (Phi) is 8.88. The number of thioether (sulfide) groups is 1. The predicted octanol–water partition coefficient (Wildman–Crippen LogP) is 7.21. The van der Waals surface area contributed by atoms with E-state index in [9.17, 15) is 14.3 Å². The molecule has 0 aliphatic carbocycles. The summed E-state index contributed by atoms with van der Waals surface area (Å²) in [7, 11) is 1.54. The standard InChI is InChI=1S/C28H23FINO5S/c1-3-35-28(33)24-25(32)23(37-27(24)31-20-7-5-4-6-8-20)15-18-13-21(30)26(22(14-18)34-2)36-16-17-9-11-19(29)12-10-17/h4-15,32H,3,16H2,1-2H3/b23-15-,31-27?. The lowest BCUT2D eigenvalue weighted by atomic mass is 10.1. The second-order valence-corrected chi connectivity index (χ2v) is 9.95. The first-order valence-electron chi connectivity index (χ1n) is 11.3. The lowest BCUT2D eigenvalue weighted by molar-refractivity contribution is -0.138. The number of carbonyl (C=O) groups excluding carboxylic acids is 1. The van der Waals surface area contributed by atoms with Crippen molar-refractivity contribution < 1.29 is 28.5 Å². The molecule has 0 spiro atoms. The summed E-state index contributed by atoms with van der Waals surface area (Å²) in [5, 5.41) is 11.3. The molecule has 0 aromatic heterocycles. The maximum Gasteiger partial charge on any atom is 0.344 e. The van der Waals surface area contributed by atoms with Crippen molar-refractivity contribution in [2.24, 2.45) is 4.99 Å². The minimum absolute atomic E-state index is 0.0304. The van der Waals surface area contributed by atoms with E-state index in [1.165, 1.54) is 31.0 Å². The molecule has 0 bridgehead atoms. The van der Waals surface area contributed by atoms with Crippen molar-refractivity contribution >= 4 is 57.1 Å². The van der Waals surface area contributed by atoms with Gasteiger partial charge in [-0.2, -0.15) is 0 Å². The van der Waals surface area contributed by atoms with Crippen LogP contribution in [0.2, 0.25) is 0 Å². The Morgan fingerprint density at radius 1 is 1.14 bits per heavy atom. The van der Waals surface area contributed by atoms with Crippen molar-refractivity contribution in [1.82, 2.24) is 0 Å². The molecular formula is C28H23FINO5S. The number of carbonyl (C=O) groups is 1. The number of aliphatic imine (C=N–C) groups is 1. The number of aliphatic hydroxyl groups excluding tert-OH is 1. The number of rotatable bonds is 8. The Morgan fingerprint density at radius 3 is 2.54 bits per heavy atom. The normalized spacial score (nSPS) is 15.4. The predicted molar refractivity (Wildman–Crippen MR) is 152 cm³/mol. The first-order valence-corrected chi connectivity index (χ1v) is 13.2.